The first-order valence-electron chi connectivity index (χ1n) is 9.25. The van der Waals surface area contributed by atoms with Crippen LogP contribution in [0.15, 0.2) is 29.3 Å². The van der Waals surface area contributed by atoms with Crippen molar-refractivity contribution < 1.29 is 13.9 Å². The van der Waals surface area contributed by atoms with Crippen LogP contribution in [0.5, 0.6) is 0 Å². The van der Waals surface area contributed by atoms with Crippen molar-refractivity contribution in [2.75, 3.05) is 65.0 Å². The molecule has 0 amide bonds. The average Bonchev–Trinajstić information content (AvgIpc) is 2.70. The Kier molecular flexibility index (Phi) is 6.32. The second-order valence-corrected chi connectivity index (χ2v) is 6.85. The van der Waals surface area contributed by atoms with Crippen LogP contribution in [0.25, 0.3) is 0 Å². The largest absolute Gasteiger partial charge is 0.381 e. The number of anilines is 1. The normalized spacial score (nSPS) is 21.0. The van der Waals surface area contributed by atoms with Crippen LogP contribution in [-0.4, -0.2) is 76.6 Å². The SMILES string of the molecule is CN=C(NCC1(OC)CCOCC1)N1CCN(c2ccc(F)cc2)CC1. The first kappa shape index (κ1) is 18.9. The Morgan fingerprint density at radius 2 is 1.85 bits per heavy atom. The number of nitrogens with zero attached hydrogens (tertiary/aromatic N) is 3. The number of halogens is 1. The standard InChI is InChI=1S/C19H29FN4O2/c1-21-18(22-15-19(25-2)7-13-26-14-8-19)24-11-9-23(10-12-24)17-5-3-16(20)4-6-17/h3-6H,7-15H2,1-2H3,(H,21,22). The highest BCUT2D eigenvalue weighted by Crippen LogP contribution is 2.23. The topological polar surface area (TPSA) is 49.3 Å². The summed E-state index contributed by atoms with van der Waals surface area (Å²) in [4.78, 5) is 8.99. The van der Waals surface area contributed by atoms with Crippen LogP contribution in [0.1, 0.15) is 12.8 Å². The summed E-state index contributed by atoms with van der Waals surface area (Å²) < 4.78 is 24.3. The Morgan fingerprint density at radius 3 is 2.42 bits per heavy atom. The molecule has 26 heavy (non-hydrogen) atoms. The fourth-order valence-electron chi connectivity index (χ4n) is 3.60. The third-order valence-corrected chi connectivity index (χ3v) is 5.39. The minimum atomic E-state index is -0.197. The van der Waals surface area contributed by atoms with E-state index in [1.807, 2.05) is 19.2 Å². The molecular formula is C19H29FN4O2. The van der Waals surface area contributed by atoms with Gasteiger partial charge in [-0.15, -0.1) is 0 Å². The van der Waals surface area contributed by atoms with Crippen molar-refractivity contribution in [2.45, 2.75) is 18.4 Å². The molecule has 0 radical (unpaired) electrons. The summed E-state index contributed by atoms with van der Waals surface area (Å²) >= 11 is 0. The molecule has 3 rings (SSSR count). The van der Waals surface area contributed by atoms with Gasteiger partial charge in [-0.1, -0.05) is 0 Å². The molecule has 7 heteroatoms. The number of piperazine rings is 1. The molecule has 1 aromatic carbocycles. The van der Waals surface area contributed by atoms with Crippen LogP contribution in [0.3, 0.4) is 0 Å². The minimum absolute atomic E-state index is 0.176. The monoisotopic (exact) mass is 364 g/mol. The van der Waals surface area contributed by atoms with Gasteiger partial charge < -0.3 is 24.6 Å². The summed E-state index contributed by atoms with van der Waals surface area (Å²) in [6, 6.07) is 6.71. The van der Waals surface area contributed by atoms with E-state index < -0.39 is 0 Å². The van der Waals surface area contributed by atoms with Crippen LogP contribution < -0.4 is 10.2 Å². The number of guanidine groups is 1. The van der Waals surface area contributed by atoms with E-state index in [2.05, 4.69) is 20.1 Å². The van der Waals surface area contributed by atoms with E-state index in [1.54, 1.807) is 7.11 Å². The Hall–Kier alpha value is -1.86. The van der Waals surface area contributed by atoms with Gasteiger partial charge in [0.25, 0.3) is 0 Å². The molecule has 0 atom stereocenters. The van der Waals surface area contributed by atoms with E-state index in [-0.39, 0.29) is 11.4 Å². The molecule has 1 aromatic rings. The first-order chi connectivity index (χ1) is 12.7. The number of ether oxygens (including phenoxy) is 2. The summed E-state index contributed by atoms with van der Waals surface area (Å²) in [6.07, 6.45) is 1.79. The number of benzene rings is 1. The molecule has 2 aliphatic heterocycles. The van der Waals surface area contributed by atoms with Crippen LogP contribution in [0, 0.1) is 5.82 Å². The number of rotatable bonds is 4. The van der Waals surface area contributed by atoms with Gasteiger partial charge in [0.15, 0.2) is 5.96 Å². The summed E-state index contributed by atoms with van der Waals surface area (Å²) in [5.74, 6) is 0.712. The zero-order chi connectivity index (χ0) is 18.4. The van der Waals surface area contributed by atoms with Gasteiger partial charge in [-0.3, -0.25) is 4.99 Å². The van der Waals surface area contributed by atoms with Crippen LogP contribution in [-0.2, 0) is 9.47 Å². The van der Waals surface area contributed by atoms with Gasteiger partial charge >= 0.3 is 0 Å². The van der Waals surface area contributed by atoms with Crippen LogP contribution in [0.4, 0.5) is 10.1 Å². The molecule has 0 spiro atoms. The second kappa shape index (κ2) is 8.68. The maximum atomic E-state index is 13.1. The lowest BCUT2D eigenvalue weighted by molar-refractivity contribution is -0.0857. The van der Waals surface area contributed by atoms with Crippen LogP contribution in [0.2, 0.25) is 0 Å². The van der Waals surface area contributed by atoms with Gasteiger partial charge in [-0.2, -0.15) is 0 Å². The highest BCUT2D eigenvalue weighted by molar-refractivity contribution is 5.80. The van der Waals surface area contributed by atoms with Gasteiger partial charge in [0, 0.05) is 78.6 Å². The molecule has 0 bridgehead atoms. The smallest absolute Gasteiger partial charge is 0.193 e. The summed E-state index contributed by atoms with van der Waals surface area (Å²) in [7, 11) is 3.59. The molecule has 0 unspecified atom stereocenters. The van der Waals surface area contributed by atoms with E-state index in [0.717, 1.165) is 70.4 Å². The Morgan fingerprint density at radius 1 is 1.19 bits per heavy atom. The average molecular weight is 364 g/mol. The minimum Gasteiger partial charge on any atom is -0.381 e. The predicted octanol–water partition coefficient (Wildman–Crippen LogP) is 1.72. The number of aliphatic imine (C=N–C) groups is 1. The highest BCUT2D eigenvalue weighted by atomic mass is 19.1. The Bertz CT molecular complexity index is 594. The van der Waals surface area contributed by atoms with Crippen molar-refractivity contribution in [3.63, 3.8) is 0 Å². The summed E-state index contributed by atoms with van der Waals surface area (Å²) in [5, 5.41) is 3.49. The van der Waals surface area contributed by atoms with Gasteiger partial charge in [-0.05, 0) is 24.3 Å². The molecule has 0 aromatic heterocycles. The quantitative estimate of drug-likeness (QED) is 0.651. The van der Waals surface area contributed by atoms with E-state index in [0.29, 0.717) is 0 Å². The zero-order valence-electron chi connectivity index (χ0n) is 15.7. The Labute approximate surface area is 155 Å². The molecule has 2 saturated heterocycles. The van der Waals surface area contributed by atoms with Crippen molar-refractivity contribution in [1.82, 2.24) is 10.2 Å². The fourth-order valence-corrected chi connectivity index (χ4v) is 3.60. The molecule has 0 aliphatic carbocycles. The van der Waals surface area contributed by atoms with Crippen molar-refractivity contribution in [2.24, 2.45) is 4.99 Å². The van der Waals surface area contributed by atoms with Gasteiger partial charge in [-0.25, -0.2) is 4.39 Å². The lowest BCUT2D eigenvalue weighted by Gasteiger charge is -2.40. The first-order valence-corrected chi connectivity index (χ1v) is 9.25. The zero-order valence-corrected chi connectivity index (χ0v) is 15.7. The molecule has 2 heterocycles. The molecule has 1 N–H and O–H groups in total. The van der Waals surface area contributed by atoms with Crippen LogP contribution >= 0.6 is 0 Å². The van der Waals surface area contributed by atoms with Crippen molar-refractivity contribution in [1.29, 1.82) is 0 Å². The maximum Gasteiger partial charge on any atom is 0.193 e. The third kappa shape index (κ3) is 4.45. The highest BCUT2D eigenvalue weighted by Gasteiger charge is 2.33. The number of nitrogens with one attached hydrogen (secondary N) is 1. The molecular weight excluding hydrogens is 335 g/mol. The van der Waals surface area contributed by atoms with Crippen molar-refractivity contribution in [3.05, 3.63) is 30.1 Å². The number of hydrogen-bond donors (Lipinski definition) is 1. The lowest BCUT2D eigenvalue weighted by Crippen LogP contribution is -2.56. The van der Waals surface area contributed by atoms with Crippen molar-refractivity contribution in [3.8, 4) is 0 Å². The van der Waals surface area contributed by atoms with Gasteiger partial charge in [0.2, 0.25) is 0 Å². The Balaban J connectivity index is 1.52. The summed E-state index contributed by atoms with van der Waals surface area (Å²) in [6.45, 7) is 5.73. The third-order valence-electron chi connectivity index (χ3n) is 5.39. The number of methoxy groups -OCH3 is 1. The second-order valence-electron chi connectivity index (χ2n) is 6.85. The molecule has 2 fully saturated rings. The van der Waals surface area contributed by atoms with E-state index in [4.69, 9.17) is 9.47 Å². The van der Waals surface area contributed by atoms with Crippen molar-refractivity contribution >= 4 is 11.6 Å². The molecule has 0 saturated carbocycles. The molecule has 2 aliphatic rings. The predicted molar refractivity (Wildman–Crippen MR) is 101 cm³/mol. The summed E-state index contributed by atoms with van der Waals surface area (Å²) in [5.41, 5.74) is 0.888. The lowest BCUT2D eigenvalue weighted by atomic mass is 9.94. The van der Waals surface area contributed by atoms with E-state index in [1.165, 1.54) is 12.1 Å². The van der Waals surface area contributed by atoms with Gasteiger partial charge in [0.1, 0.15) is 5.82 Å². The van der Waals surface area contributed by atoms with Gasteiger partial charge in [0.05, 0.1) is 5.60 Å². The molecule has 144 valence electrons. The van der Waals surface area contributed by atoms with E-state index >= 15 is 0 Å². The fraction of sp³-hybridized carbons (Fsp3) is 0.632. The molecule has 6 nitrogen and oxygen atoms in total. The maximum absolute atomic E-state index is 13.1. The van der Waals surface area contributed by atoms with E-state index in [9.17, 15) is 4.39 Å². The number of hydrogen-bond acceptors (Lipinski definition) is 4.